The third kappa shape index (κ3) is 4.02. The number of fused-ring (bicyclic) bond motifs is 1. The minimum Gasteiger partial charge on any atom is -0.382 e. The lowest BCUT2D eigenvalue weighted by atomic mass is 10.1. The van der Waals surface area contributed by atoms with Crippen molar-refractivity contribution >= 4 is 25.2 Å². The van der Waals surface area contributed by atoms with Gasteiger partial charge in [-0.25, -0.2) is 15.0 Å². The van der Waals surface area contributed by atoms with E-state index in [1.165, 1.54) is 6.33 Å². The van der Waals surface area contributed by atoms with Crippen LogP contribution in [0.5, 0.6) is 0 Å². The Balaban J connectivity index is 1.32. The molecule has 10 heteroatoms. The Hall–Kier alpha value is -2.45. The highest BCUT2D eigenvalue weighted by molar-refractivity contribution is 7.36. The quantitative estimate of drug-likeness (QED) is 0.581. The van der Waals surface area contributed by atoms with Crippen LogP contribution in [0.2, 0.25) is 0 Å². The van der Waals surface area contributed by atoms with Crippen molar-refractivity contribution in [1.82, 2.24) is 24.6 Å². The Morgan fingerprint density at radius 2 is 2.14 bits per heavy atom. The van der Waals surface area contributed by atoms with Crippen LogP contribution in [-0.2, 0) is 20.4 Å². The standard InChI is InChI=1S/C18H22N6O3P/c1-12-7-14(9-26-28(25)23-8-13-5-3-2-4-6-13)27-18(12)24-11-22-15-16(19)20-10-21-17(15)24/h2-6,10-12,14,18H,7-9H2,1H3,(H,23,25)(H2,19,20,21)/q+1/t12-,14-,18+/m0/s1. The number of imidazole rings is 1. The van der Waals surface area contributed by atoms with Gasteiger partial charge in [-0.2, -0.15) is 0 Å². The Morgan fingerprint density at radius 1 is 1.32 bits per heavy atom. The largest absolute Gasteiger partial charge is 0.613 e. The second-order valence-corrected chi connectivity index (χ2v) is 7.91. The van der Waals surface area contributed by atoms with Gasteiger partial charge in [0.15, 0.2) is 11.5 Å². The van der Waals surface area contributed by atoms with Crippen LogP contribution in [0.25, 0.3) is 11.2 Å². The Labute approximate surface area is 163 Å². The molecule has 0 radical (unpaired) electrons. The number of hydrogen-bond donors (Lipinski definition) is 2. The molecule has 3 heterocycles. The van der Waals surface area contributed by atoms with Crippen LogP contribution in [-0.4, -0.2) is 32.2 Å². The molecule has 0 saturated carbocycles. The molecule has 0 amide bonds. The summed E-state index contributed by atoms with van der Waals surface area (Å²) in [6, 6.07) is 9.76. The maximum atomic E-state index is 12.1. The monoisotopic (exact) mass is 401 g/mol. The van der Waals surface area contributed by atoms with Gasteiger partial charge in [-0.15, -0.1) is 4.52 Å². The number of hydrogen-bond acceptors (Lipinski definition) is 7. The van der Waals surface area contributed by atoms with Crippen LogP contribution in [0.1, 0.15) is 25.1 Å². The van der Waals surface area contributed by atoms with Crippen molar-refractivity contribution in [3.05, 3.63) is 48.5 Å². The summed E-state index contributed by atoms with van der Waals surface area (Å²) in [5.74, 6) is 0.563. The number of rotatable bonds is 7. The maximum Gasteiger partial charge on any atom is 0.613 e. The summed E-state index contributed by atoms with van der Waals surface area (Å²) in [6.07, 6.45) is 3.48. The molecule has 146 valence electrons. The third-order valence-electron chi connectivity index (χ3n) is 4.75. The molecule has 3 N–H and O–H groups in total. The smallest absolute Gasteiger partial charge is 0.382 e. The molecular weight excluding hydrogens is 379 g/mol. The van der Waals surface area contributed by atoms with Crippen molar-refractivity contribution in [3.8, 4) is 0 Å². The molecule has 1 aliphatic heterocycles. The second kappa shape index (κ2) is 8.28. The predicted octanol–water partition coefficient (Wildman–Crippen LogP) is 2.80. The van der Waals surface area contributed by atoms with Crippen molar-refractivity contribution in [2.75, 3.05) is 12.3 Å². The highest BCUT2D eigenvalue weighted by Gasteiger charge is 2.36. The SMILES string of the molecule is C[C@H]1C[C@@H](CO[P+](=O)NCc2ccccc2)O[C@H]1n1cnc2c(N)ncnc21. The van der Waals surface area contributed by atoms with Crippen LogP contribution in [0.15, 0.2) is 43.0 Å². The van der Waals surface area contributed by atoms with Crippen LogP contribution in [0.3, 0.4) is 0 Å². The summed E-state index contributed by atoms with van der Waals surface area (Å²) in [5.41, 5.74) is 8.11. The van der Waals surface area contributed by atoms with Crippen LogP contribution in [0.4, 0.5) is 5.82 Å². The van der Waals surface area contributed by atoms with Gasteiger partial charge < -0.3 is 10.5 Å². The minimum absolute atomic E-state index is 0.158. The first-order chi connectivity index (χ1) is 13.6. The number of anilines is 1. The maximum absolute atomic E-state index is 12.1. The Kier molecular flexibility index (Phi) is 5.59. The van der Waals surface area contributed by atoms with Crippen molar-refractivity contribution in [3.63, 3.8) is 0 Å². The second-order valence-electron chi connectivity index (χ2n) is 6.82. The lowest BCUT2D eigenvalue weighted by Gasteiger charge is -2.17. The molecule has 9 nitrogen and oxygen atoms in total. The van der Waals surface area contributed by atoms with E-state index < -0.39 is 8.18 Å². The number of nitrogens with zero attached hydrogens (tertiary/aromatic N) is 4. The molecule has 0 bridgehead atoms. The molecule has 2 aromatic heterocycles. The molecular formula is C18H22N6O3P+. The first-order valence-corrected chi connectivity index (χ1v) is 10.3. The number of nitrogens with one attached hydrogen (secondary N) is 1. The molecule has 0 spiro atoms. The fourth-order valence-corrected chi connectivity index (χ4v) is 4.07. The zero-order valence-corrected chi connectivity index (χ0v) is 16.3. The fraction of sp³-hybridized carbons (Fsp3) is 0.389. The molecule has 0 aliphatic carbocycles. The van der Waals surface area contributed by atoms with Gasteiger partial charge in [0.2, 0.25) is 0 Å². The molecule has 4 atom stereocenters. The number of benzene rings is 1. The summed E-state index contributed by atoms with van der Waals surface area (Å²) < 4.78 is 25.5. The molecule has 4 rings (SSSR count). The summed E-state index contributed by atoms with van der Waals surface area (Å²) >= 11 is 0. The van der Waals surface area contributed by atoms with Crippen molar-refractivity contribution in [2.45, 2.75) is 32.2 Å². The topological polar surface area (TPSA) is 117 Å². The predicted molar refractivity (Wildman–Crippen MR) is 104 cm³/mol. The zero-order chi connectivity index (χ0) is 19.5. The van der Waals surface area contributed by atoms with E-state index in [0.29, 0.717) is 23.5 Å². The molecule has 28 heavy (non-hydrogen) atoms. The van der Waals surface area contributed by atoms with E-state index >= 15 is 0 Å². The lowest BCUT2D eigenvalue weighted by Crippen LogP contribution is -2.17. The van der Waals surface area contributed by atoms with Crippen molar-refractivity contribution in [1.29, 1.82) is 0 Å². The van der Waals surface area contributed by atoms with Gasteiger partial charge in [-0.3, -0.25) is 4.57 Å². The average molecular weight is 401 g/mol. The van der Waals surface area contributed by atoms with Crippen LogP contribution in [0, 0.1) is 5.92 Å². The Morgan fingerprint density at radius 3 is 2.96 bits per heavy atom. The van der Waals surface area contributed by atoms with Gasteiger partial charge >= 0.3 is 8.18 Å². The summed E-state index contributed by atoms with van der Waals surface area (Å²) in [7, 11) is -1.96. The van der Waals surface area contributed by atoms with E-state index in [0.717, 1.165) is 12.0 Å². The van der Waals surface area contributed by atoms with Gasteiger partial charge in [0, 0.05) is 5.92 Å². The molecule has 1 aromatic carbocycles. The third-order valence-corrected chi connectivity index (χ3v) is 5.55. The number of ether oxygens (including phenoxy) is 1. The van der Waals surface area contributed by atoms with Crippen LogP contribution < -0.4 is 10.8 Å². The Bertz CT molecular complexity index is 966. The van der Waals surface area contributed by atoms with E-state index in [2.05, 4.69) is 27.0 Å². The van der Waals surface area contributed by atoms with Gasteiger partial charge in [0.25, 0.3) is 0 Å². The first-order valence-electron chi connectivity index (χ1n) is 9.08. The number of nitrogen functional groups attached to an aromatic ring is 1. The summed E-state index contributed by atoms with van der Waals surface area (Å²) in [4.78, 5) is 12.5. The molecule has 3 aromatic rings. The van der Waals surface area contributed by atoms with E-state index in [1.807, 2.05) is 34.9 Å². The van der Waals surface area contributed by atoms with Crippen molar-refractivity contribution in [2.24, 2.45) is 5.92 Å². The number of aromatic nitrogens is 4. The van der Waals surface area contributed by atoms with E-state index in [4.69, 9.17) is 15.0 Å². The highest BCUT2D eigenvalue weighted by Crippen LogP contribution is 2.36. The van der Waals surface area contributed by atoms with Gasteiger partial charge in [-0.1, -0.05) is 42.3 Å². The molecule has 1 unspecified atom stereocenters. The average Bonchev–Trinajstić information content (AvgIpc) is 3.29. The highest BCUT2D eigenvalue weighted by atomic mass is 31.1. The van der Waals surface area contributed by atoms with Crippen molar-refractivity contribution < 1.29 is 13.8 Å². The minimum atomic E-state index is -1.96. The molecule has 1 aliphatic rings. The van der Waals surface area contributed by atoms with Gasteiger partial charge in [-0.05, 0) is 16.5 Å². The van der Waals surface area contributed by atoms with Gasteiger partial charge in [0.1, 0.15) is 24.7 Å². The van der Waals surface area contributed by atoms with E-state index in [-0.39, 0.29) is 24.9 Å². The van der Waals surface area contributed by atoms with Gasteiger partial charge in [0.05, 0.1) is 19.0 Å². The zero-order valence-electron chi connectivity index (χ0n) is 15.4. The van der Waals surface area contributed by atoms with E-state index in [1.54, 1.807) is 6.33 Å². The lowest BCUT2D eigenvalue weighted by molar-refractivity contribution is -0.0243. The number of nitrogens with two attached hydrogens (primary N) is 1. The fourth-order valence-electron chi connectivity index (χ4n) is 3.37. The van der Waals surface area contributed by atoms with E-state index in [9.17, 15) is 4.57 Å². The first kappa shape index (κ1) is 18.9. The summed E-state index contributed by atoms with van der Waals surface area (Å²) in [5, 5.41) is 2.89. The normalized spacial score (nSPS) is 22.6. The molecule has 1 saturated heterocycles. The van der Waals surface area contributed by atoms with Crippen LogP contribution >= 0.6 is 8.18 Å². The summed E-state index contributed by atoms with van der Waals surface area (Å²) in [6.45, 7) is 2.83. The molecule has 1 fully saturated rings.